The highest BCUT2D eigenvalue weighted by molar-refractivity contribution is 7.89. The predicted molar refractivity (Wildman–Crippen MR) is 126 cm³/mol. The molecule has 10 nitrogen and oxygen atoms in total. The molecule has 1 aliphatic heterocycles. The van der Waals surface area contributed by atoms with Crippen LogP contribution in [0.5, 0.6) is 5.75 Å². The molecule has 34 heavy (non-hydrogen) atoms. The Morgan fingerprint density at radius 1 is 1.06 bits per heavy atom. The number of carbonyl (C=O) groups is 3. The zero-order valence-electron chi connectivity index (χ0n) is 19.0. The molecule has 1 saturated heterocycles. The smallest absolute Gasteiger partial charge is 0.255 e. The van der Waals surface area contributed by atoms with Crippen LogP contribution < -0.4 is 21.1 Å². The lowest BCUT2D eigenvalue weighted by Gasteiger charge is -2.32. The molecule has 3 rings (SSSR count). The molecule has 0 spiro atoms. The summed E-state index contributed by atoms with van der Waals surface area (Å²) in [6, 6.07) is 10.1. The van der Waals surface area contributed by atoms with Gasteiger partial charge in [0.05, 0.1) is 13.7 Å². The zero-order valence-corrected chi connectivity index (χ0v) is 19.9. The van der Waals surface area contributed by atoms with Crippen LogP contribution in [-0.2, 0) is 14.8 Å². The van der Waals surface area contributed by atoms with Crippen molar-refractivity contribution >= 4 is 33.4 Å². The van der Waals surface area contributed by atoms with E-state index in [1.807, 2.05) is 6.92 Å². The molecule has 0 bridgehead atoms. The highest BCUT2D eigenvalue weighted by atomic mass is 32.2. The molecule has 2 aromatic carbocycles. The Labute approximate surface area is 198 Å². The van der Waals surface area contributed by atoms with E-state index in [4.69, 9.17) is 10.5 Å². The molecule has 1 unspecified atom stereocenters. The molecule has 2 aromatic rings. The number of benzene rings is 2. The Hall–Kier alpha value is -3.44. The maximum atomic E-state index is 13.4. The summed E-state index contributed by atoms with van der Waals surface area (Å²) in [6.45, 7) is 2.01. The Kier molecular flexibility index (Phi) is 7.90. The van der Waals surface area contributed by atoms with E-state index in [-0.39, 0.29) is 34.4 Å². The van der Waals surface area contributed by atoms with Crippen molar-refractivity contribution in [3.05, 3.63) is 53.6 Å². The van der Waals surface area contributed by atoms with E-state index in [0.29, 0.717) is 12.2 Å². The third-order valence-electron chi connectivity index (χ3n) is 5.58. The van der Waals surface area contributed by atoms with E-state index in [2.05, 4.69) is 10.6 Å². The first kappa shape index (κ1) is 25.2. The van der Waals surface area contributed by atoms with E-state index in [1.165, 1.54) is 53.9 Å². The first-order valence-electron chi connectivity index (χ1n) is 10.8. The molecule has 1 aliphatic rings. The second-order valence-corrected chi connectivity index (χ2v) is 9.87. The summed E-state index contributed by atoms with van der Waals surface area (Å²) in [5, 5.41) is 5.06. The van der Waals surface area contributed by atoms with Crippen molar-refractivity contribution in [2.24, 2.45) is 5.73 Å². The quantitative estimate of drug-likeness (QED) is 0.515. The van der Waals surface area contributed by atoms with Crippen LogP contribution in [0.2, 0.25) is 0 Å². The standard InChI is InChI=1S/C23H28N4O6S/c1-15-5-3-4-12-27(15)34(31,32)20-13-17(8-11-19(20)33-2)23(30)26-18-9-6-16(7-10-18)22(29)25-14-21(24)28/h6-11,13,15H,3-5,12,14H2,1-2H3,(H2,24,28)(H,25,29)(H,26,30). The number of piperidine rings is 1. The van der Waals surface area contributed by atoms with E-state index < -0.39 is 27.7 Å². The average Bonchev–Trinajstić information content (AvgIpc) is 2.82. The van der Waals surface area contributed by atoms with Crippen molar-refractivity contribution < 1.29 is 27.5 Å². The van der Waals surface area contributed by atoms with Crippen LogP contribution in [0.3, 0.4) is 0 Å². The van der Waals surface area contributed by atoms with Gasteiger partial charge in [-0.2, -0.15) is 4.31 Å². The van der Waals surface area contributed by atoms with Crippen molar-refractivity contribution in [1.82, 2.24) is 9.62 Å². The number of hydrogen-bond donors (Lipinski definition) is 3. The summed E-state index contributed by atoms with van der Waals surface area (Å²) in [5.41, 5.74) is 5.84. The van der Waals surface area contributed by atoms with Crippen LogP contribution in [0.4, 0.5) is 5.69 Å². The lowest BCUT2D eigenvalue weighted by molar-refractivity contribution is -0.117. The second kappa shape index (κ2) is 10.7. The monoisotopic (exact) mass is 488 g/mol. The summed E-state index contributed by atoms with van der Waals surface area (Å²) in [5.74, 6) is -1.49. The molecule has 1 atom stereocenters. The van der Waals surface area contributed by atoms with E-state index in [0.717, 1.165) is 19.3 Å². The van der Waals surface area contributed by atoms with Crippen LogP contribution in [0.25, 0.3) is 0 Å². The summed E-state index contributed by atoms with van der Waals surface area (Å²) in [4.78, 5) is 35.5. The molecule has 1 fully saturated rings. The van der Waals surface area contributed by atoms with Gasteiger partial charge in [-0.25, -0.2) is 8.42 Å². The first-order chi connectivity index (χ1) is 16.1. The number of carbonyl (C=O) groups excluding carboxylic acids is 3. The average molecular weight is 489 g/mol. The van der Waals surface area contributed by atoms with Gasteiger partial charge >= 0.3 is 0 Å². The van der Waals surface area contributed by atoms with E-state index >= 15 is 0 Å². The van der Waals surface area contributed by atoms with Crippen LogP contribution >= 0.6 is 0 Å². The molecule has 4 N–H and O–H groups in total. The topological polar surface area (TPSA) is 148 Å². The minimum absolute atomic E-state index is 0.0575. The largest absolute Gasteiger partial charge is 0.495 e. The van der Waals surface area contributed by atoms with Gasteiger partial charge in [0.25, 0.3) is 11.8 Å². The normalized spacial score (nSPS) is 16.5. The Bertz CT molecular complexity index is 1180. The number of methoxy groups -OCH3 is 1. The Morgan fingerprint density at radius 3 is 2.35 bits per heavy atom. The van der Waals surface area contributed by atoms with E-state index in [1.54, 1.807) is 0 Å². The summed E-state index contributed by atoms with van der Waals surface area (Å²) in [6.07, 6.45) is 2.53. The van der Waals surface area contributed by atoms with Crippen LogP contribution in [-0.4, -0.2) is 56.7 Å². The van der Waals surface area contributed by atoms with Gasteiger partial charge < -0.3 is 21.1 Å². The van der Waals surface area contributed by atoms with Crippen molar-refractivity contribution in [2.45, 2.75) is 37.1 Å². The van der Waals surface area contributed by atoms with Crippen molar-refractivity contribution in [3.63, 3.8) is 0 Å². The highest BCUT2D eigenvalue weighted by Gasteiger charge is 2.33. The summed E-state index contributed by atoms with van der Waals surface area (Å²) >= 11 is 0. The third kappa shape index (κ3) is 5.72. The number of anilines is 1. The number of nitrogens with two attached hydrogens (primary N) is 1. The molecule has 0 aromatic heterocycles. The lowest BCUT2D eigenvalue weighted by atomic mass is 10.1. The summed E-state index contributed by atoms with van der Waals surface area (Å²) < 4.78 is 33.4. The maximum absolute atomic E-state index is 13.4. The fourth-order valence-electron chi connectivity index (χ4n) is 3.75. The SMILES string of the molecule is COc1ccc(C(=O)Nc2ccc(C(=O)NCC(N)=O)cc2)cc1S(=O)(=O)N1CCCCC1C. The Morgan fingerprint density at radius 2 is 1.74 bits per heavy atom. The van der Waals surface area contributed by atoms with Gasteiger partial charge in [0.15, 0.2) is 0 Å². The number of nitrogens with zero attached hydrogens (tertiary/aromatic N) is 1. The van der Waals surface area contributed by atoms with Crippen molar-refractivity contribution in [2.75, 3.05) is 25.5 Å². The Balaban J connectivity index is 1.79. The fourth-order valence-corrected chi connectivity index (χ4v) is 5.64. The summed E-state index contributed by atoms with van der Waals surface area (Å²) in [7, 11) is -2.47. The molecule has 0 aliphatic carbocycles. The third-order valence-corrected chi connectivity index (χ3v) is 7.62. The minimum atomic E-state index is -3.86. The fraction of sp³-hybridized carbons (Fsp3) is 0.348. The number of rotatable bonds is 8. The molecular weight excluding hydrogens is 460 g/mol. The maximum Gasteiger partial charge on any atom is 0.255 e. The highest BCUT2D eigenvalue weighted by Crippen LogP contribution is 2.32. The van der Waals surface area contributed by atoms with Crippen LogP contribution in [0, 0.1) is 0 Å². The molecule has 3 amide bonds. The lowest BCUT2D eigenvalue weighted by Crippen LogP contribution is -2.42. The van der Waals surface area contributed by atoms with Crippen LogP contribution in [0.1, 0.15) is 46.9 Å². The first-order valence-corrected chi connectivity index (χ1v) is 12.3. The number of amides is 3. The van der Waals surface area contributed by atoms with Crippen molar-refractivity contribution in [1.29, 1.82) is 0 Å². The number of primary amides is 1. The van der Waals surface area contributed by atoms with Gasteiger partial charge in [-0.05, 0) is 62.2 Å². The minimum Gasteiger partial charge on any atom is -0.495 e. The number of nitrogens with one attached hydrogen (secondary N) is 2. The van der Waals surface area contributed by atoms with Gasteiger partial charge in [-0.3, -0.25) is 14.4 Å². The van der Waals surface area contributed by atoms with Crippen LogP contribution in [0.15, 0.2) is 47.4 Å². The molecule has 1 heterocycles. The second-order valence-electron chi connectivity index (χ2n) is 8.01. The molecule has 0 saturated carbocycles. The van der Waals surface area contributed by atoms with E-state index in [9.17, 15) is 22.8 Å². The van der Waals surface area contributed by atoms with Gasteiger partial charge in [-0.1, -0.05) is 6.42 Å². The predicted octanol–water partition coefficient (Wildman–Crippen LogP) is 1.73. The number of hydrogen-bond acceptors (Lipinski definition) is 6. The zero-order chi connectivity index (χ0) is 24.9. The number of sulfonamides is 1. The number of ether oxygens (including phenoxy) is 1. The van der Waals surface area contributed by atoms with Gasteiger partial charge in [0.1, 0.15) is 10.6 Å². The van der Waals surface area contributed by atoms with Gasteiger partial charge in [0.2, 0.25) is 15.9 Å². The molecule has 0 radical (unpaired) electrons. The molecule has 182 valence electrons. The van der Waals surface area contributed by atoms with Gasteiger partial charge in [0, 0.05) is 29.4 Å². The molecule has 11 heteroatoms. The van der Waals surface area contributed by atoms with Crippen molar-refractivity contribution in [3.8, 4) is 5.75 Å². The molecular formula is C23H28N4O6S. The van der Waals surface area contributed by atoms with Gasteiger partial charge in [-0.15, -0.1) is 0 Å².